The van der Waals surface area contributed by atoms with E-state index >= 15 is 0 Å². The summed E-state index contributed by atoms with van der Waals surface area (Å²) in [6.45, 7) is 11.6. The van der Waals surface area contributed by atoms with Gasteiger partial charge in [0.25, 0.3) is 0 Å². The number of rotatable bonds is 8. The van der Waals surface area contributed by atoms with E-state index in [2.05, 4.69) is 11.3 Å². The van der Waals surface area contributed by atoms with Gasteiger partial charge in [-0.1, -0.05) is 36.9 Å². The van der Waals surface area contributed by atoms with Gasteiger partial charge in [-0.05, 0) is 46.1 Å². The molecular weight excluding hydrogens is 310 g/mol. The van der Waals surface area contributed by atoms with Crippen molar-refractivity contribution >= 4 is 17.0 Å². The first kappa shape index (κ1) is 19.6. The Morgan fingerprint density at radius 1 is 1.30 bits per heavy atom. The molecule has 0 aromatic heterocycles. The first-order valence-electron chi connectivity index (χ1n) is 7.81. The van der Waals surface area contributed by atoms with Crippen LogP contribution in [0.2, 0.25) is 0 Å². The molecule has 0 radical (unpaired) electrons. The Kier molecular flexibility index (Phi) is 7.65. The second kappa shape index (κ2) is 8.99. The van der Waals surface area contributed by atoms with Gasteiger partial charge in [0, 0.05) is 11.6 Å². The average Bonchev–Trinajstić information content (AvgIpc) is 2.47. The molecule has 0 aliphatic rings. The minimum atomic E-state index is -1.22. The number of esters is 1. The van der Waals surface area contributed by atoms with Gasteiger partial charge in [0.05, 0.1) is 22.3 Å². The van der Waals surface area contributed by atoms with Gasteiger partial charge in [-0.2, -0.15) is 0 Å². The Balaban J connectivity index is 2.81. The molecule has 0 fully saturated rings. The molecule has 0 amide bonds. The van der Waals surface area contributed by atoms with Gasteiger partial charge in [-0.3, -0.25) is 0 Å². The molecule has 0 bridgehead atoms. The quantitative estimate of drug-likeness (QED) is 0.585. The predicted octanol–water partition coefficient (Wildman–Crippen LogP) is 3.16. The zero-order valence-electron chi connectivity index (χ0n) is 14.4. The Bertz CT molecular complexity index is 549. The van der Waals surface area contributed by atoms with Gasteiger partial charge >= 0.3 is 5.97 Å². The second-order valence-electron chi connectivity index (χ2n) is 6.41. The molecule has 5 heteroatoms. The molecule has 0 unspecified atom stereocenters. The van der Waals surface area contributed by atoms with E-state index in [1.165, 1.54) is 0 Å². The first-order valence-corrected chi connectivity index (χ1v) is 8.96. The van der Waals surface area contributed by atoms with Crippen molar-refractivity contribution in [3.05, 3.63) is 48.0 Å². The second-order valence-corrected chi connectivity index (χ2v) is 8.41. The van der Waals surface area contributed by atoms with Crippen LogP contribution in [0.1, 0.15) is 39.7 Å². The van der Waals surface area contributed by atoms with Crippen LogP contribution in [-0.2, 0) is 26.9 Å². The molecule has 4 nitrogen and oxygen atoms in total. The highest BCUT2D eigenvalue weighted by Gasteiger charge is 2.24. The summed E-state index contributed by atoms with van der Waals surface area (Å²) in [4.78, 5) is 11.8. The third kappa shape index (κ3) is 7.10. The fourth-order valence-corrected chi connectivity index (χ4v) is 2.82. The summed E-state index contributed by atoms with van der Waals surface area (Å²) in [5.41, 5.74) is 1.51. The lowest BCUT2D eigenvalue weighted by Gasteiger charge is -2.24. The first-order chi connectivity index (χ1) is 10.7. The van der Waals surface area contributed by atoms with Crippen molar-refractivity contribution in [2.45, 2.75) is 51.3 Å². The molecule has 1 rings (SSSR count). The van der Waals surface area contributed by atoms with E-state index in [-0.39, 0.29) is 10.8 Å². The van der Waals surface area contributed by atoms with E-state index in [4.69, 9.17) is 4.74 Å². The van der Waals surface area contributed by atoms with Crippen LogP contribution in [0.5, 0.6) is 0 Å². The maximum absolute atomic E-state index is 12.4. The highest BCUT2D eigenvalue weighted by Crippen LogP contribution is 2.16. The van der Waals surface area contributed by atoms with Gasteiger partial charge in [0.15, 0.2) is 0 Å². The van der Waals surface area contributed by atoms with Crippen molar-refractivity contribution in [1.82, 2.24) is 4.72 Å². The number of nitrogens with one attached hydrogen (secondary N) is 1. The number of carbonyl (C=O) groups is 1. The van der Waals surface area contributed by atoms with E-state index in [1.54, 1.807) is 6.92 Å². The zero-order valence-corrected chi connectivity index (χ0v) is 15.2. The largest absolute Gasteiger partial charge is 0.463 e. The van der Waals surface area contributed by atoms with Crippen molar-refractivity contribution in [3.8, 4) is 0 Å². The lowest BCUT2D eigenvalue weighted by Crippen LogP contribution is -2.41. The van der Waals surface area contributed by atoms with Crippen molar-refractivity contribution in [2.24, 2.45) is 0 Å². The molecule has 1 N–H and O–H groups in total. The molecule has 23 heavy (non-hydrogen) atoms. The summed E-state index contributed by atoms with van der Waals surface area (Å²) >= 11 is 0. The fraction of sp³-hybridized carbons (Fsp3) is 0.500. The third-order valence-electron chi connectivity index (χ3n) is 3.21. The van der Waals surface area contributed by atoms with E-state index in [0.717, 1.165) is 5.56 Å². The maximum atomic E-state index is 12.4. The Labute approximate surface area is 141 Å². The van der Waals surface area contributed by atoms with Gasteiger partial charge < -0.3 is 4.74 Å². The molecule has 0 heterocycles. The van der Waals surface area contributed by atoms with Gasteiger partial charge in [0.2, 0.25) is 0 Å². The molecule has 0 aliphatic carbocycles. The summed E-state index contributed by atoms with van der Waals surface area (Å²) in [5, 5.41) is 0. The molecule has 2 atom stereocenters. The zero-order chi connectivity index (χ0) is 17.5. The van der Waals surface area contributed by atoms with Crippen LogP contribution >= 0.6 is 0 Å². The normalized spacial score (nSPS) is 14.1. The van der Waals surface area contributed by atoms with Crippen LogP contribution in [0.3, 0.4) is 0 Å². The molecule has 0 aliphatic heterocycles. The van der Waals surface area contributed by atoms with E-state index < -0.39 is 17.0 Å². The Hall–Kier alpha value is -1.46. The minimum absolute atomic E-state index is 0.144. The number of benzene rings is 1. The lowest BCUT2D eigenvalue weighted by atomic mass is 10.0. The molecule has 1 aromatic carbocycles. The minimum Gasteiger partial charge on any atom is -0.463 e. The summed E-state index contributed by atoms with van der Waals surface area (Å²) in [6.07, 6.45) is 1.07. The summed E-state index contributed by atoms with van der Waals surface area (Å²) in [7, 11) is -1.22. The molecule has 1 aromatic rings. The number of carbonyl (C=O) groups excluding carboxylic acids is 1. The van der Waals surface area contributed by atoms with E-state index in [1.807, 2.05) is 51.1 Å². The monoisotopic (exact) mass is 337 g/mol. The van der Waals surface area contributed by atoms with E-state index in [0.29, 0.717) is 25.0 Å². The van der Waals surface area contributed by atoms with Crippen molar-refractivity contribution in [1.29, 1.82) is 0 Å². The van der Waals surface area contributed by atoms with E-state index in [9.17, 15) is 9.00 Å². The van der Waals surface area contributed by atoms with Crippen LogP contribution in [-0.4, -0.2) is 27.6 Å². The molecule has 0 saturated heterocycles. The molecular formula is C18H27NO3S. The van der Waals surface area contributed by atoms with Gasteiger partial charge in [0.1, 0.15) is 0 Å². The average molecular weight is 337 g/mol. The third-order valence-corrected chi connectivity index (χ3v) is 4.87. The molecule has 0 spiro atoms. The van der Waals surface area contributed by atoms with Crippen molar-refractivity contribution in [2.75, 3.05) is 6.61 Å². The van der Waals surface area contributed by atoms with Crippen LogP contribution in [0.25, 0.3) is 0 Å². The topological polar surface area (TPSA) is 55.4 Å². The lowest BCUT2D eigenvalue weighted by molar-refractivity contribution is -0.138. The fourth-order valence-electron chi connectivity index (χ4n) is 2.00. The van der Waals surface area contributed by atoms with Crippen LogP contribution in [0.15, 0.2) is 42.5 Å². The maximum Gasteiger partial charge on any atom is 0.333 e. The Morgan fingerprint density at radius 3 is 2.43 bits per heavy atom. The number of hydrogen-bond donors (Lipinski definition) is 1. The highest BCUT2D eigenvalue weighted by molar-refractivity contribution is 7.84. The highest BCUT2D eigenvalue weighted by atomic mass is 32.2. The van der Waals surface area contributed by atoms with Gasteiger partial charge in [-0.25, -0.2) is 13.7 Å². The van der Waals surface area contributed by atoms with Crippen molar-refractivity contribution in [3.63, 3.8) is 0 Å². The predicted molar refractivity (Wildman–Crippen MR) is 95.4 cm³/mol. The van der Waals surface area contributed by atoms with Crippen molar-refractivity contribution < 1.29 is 13.7 Å². The van der Waals surface area contributed by atoms with Crippen LogP contribution in [0, 0.1) is 0 Å². The summed E-state index contributed by atoms with van der Waals surface area (Å²) in [5.74, 6) is -0.395. The number of hydrogen-bond acceptors (Lipinski definition) is 3. The smallest absolute Gasteiger partial charge is 0.333 e. The number of ether oxygens (including phenoxy) is 1. The SMILES string of the molecule is C=C(C[C@H](Cc1ccccc1)N[S@](=O)C(C)(C)C)C(=O)OCC. The van der Waals surface area contributed by atoms with Crippen LogP contribution in [0.4, 0.5) is 0 Å². The standard InChI is InChI=1S/C18H27NO3S/c1-6-22-17(20)14(2)12-16(19-23(21)18(3,4)5)13-15-10-8-7-9-11-15/h7-11,16,19H,2,6,12-13H2,1,3-5H3/t16-,23-/m1/s1. The summed E-state index contributed by atoms with van der Waals surface area (Å²) < 4.78 is 20.1. The Morgan fingerprint density at radius 2 is 1.91 bits per heavy atom. The van der Waals surface area contributed by atoms with Gasteiger partial charge in [-0.15, -0.1) is 0 Å². The molecule has 128 valence electrons. The van der Waals surface area contributed by atoms with Crippen LogP contribution < -0.4 is 4.72 Å². The molecule has 0 saturated carbocycles. The summed E-state index contributed by atoms with van der Waals surface area (Å²) in [6, 6.07) is 9.77.